The minimum absolute atomic E-state index is 0.0294. The number of aryl methyl sites for hydroxylation is 1. The van der Waals surface area contributed by atoms with E-state index in [9.17, 15) is 9.50 Å². The number of methoxy groups -OCH3 is 1. The predicted molar refractivity (Wildman–Crippen MR) is 117 cm³/mol. The molecule has 1 fully saturated rings. The van der Waals surface area contributed by atoms with Gasteiger partial charge in [0.2, 0.25) is 0 Å². The Morgan fingerprint density at radius 1 is 1.21 bits per heavy atom. The molecule has 1 aliphatic rings. The largest absolute Gasteiger partial charge is 0.497 e. The smallest absolute Gasteiger partial charge is 0.126 e. The van der Waals surface area contributed by atoms with Crippen LogP contribution in [-0.2, 0) is 5.60 Å². The van der Waals surface area contributed by atoms with E-state index in [1.807, 2.05) is 44.4 Å². The fourth-order valence-corrected chi connectivity index (χ4v) is 4.45. The molecular weight excluding hydrogens is 365 g/mol. The van der Waals surface area contributed by atoms with E-state index < -0.39 is 5.60 Å². The number of aliphatic hydroxyl groups is 1. The van der Waals surface area contributed by atoms with E-state index in [1.54, 1.807) is 20.1 Å². The van der Waals surface area contributed by atoms with E-state index >= 15 is 0 Å². The van der Waals surface area contributed by atoms with Crippen molar-refractivity contribution in [3.8, 4) is 5.75 Å². The first-order valence-corrected chi connectivity index (χ1v) is 10.3. The van der Waals surface area contributed by atoms with Crippen LogP contribution in [0.15, 0.2) is 48.0 Å². The van der Waals surface area contributed by atoms with Crippen molar-refractivity contribution in [2.45, 2.75) is 38.2 Å². The van der Waals surface area contributed by atoms with Gasteiger partial charge in [0.25, 0.3) is 0 Å². The second kappa shape index (κ2) is 9.10. The lowest BCUT2D eigenvalue weighted by molar-refractivity contribution is 0.000388. The quantitative estimate of drug-likeness (QED) is 0.707. The summed E-state index contributed by atoms with van der Waals surface area (Å²) in [4.78, 5) is 2.13. The Hall–Kier alpha value is -2.17. The molecule has 0 radical (unpaired) electrons. The van der Waals surface area contributed by atoms with Gasteiger partial charge in [0, 0.05) is 12.5 Å². The SMILES string of the molecule is COc1cccc(C=C2CCCCC(CN(C)C)C2(O)c2ccc(F)c(C)c2)c1. The average Bonchev–Trinajstić information content (AvgIpc) is 2.84. The van der Waals surface area contributed by atoms with Crippen molar-refractivity contribution in [3.63, 3.8) is 0 Å². The van der Waals surface area contributed by atoms with Crippen molar-refractivity contribution in [3.05, 3.63) is 70.5 Å². The Balaban J connectivity index is 2.16. The minimum atomic E-state index is -1.14. The summed E-state index contributed by atoms with van der Waals surface area (Å²) in [6, 6.07) is 12.9. The van der Waals surface area contributed by atoms with Gasteiger partial charge >= 0.3 is 0 Å². The van der Waals surface area contributed by atoms with Crippen LogP contribution in [0.25, 0.3) is 6.08 Å². The van der Waals surface area contributed by atoms with Crippen LogP contribution in [0.4, 0.5) is 4.39 Å². The predicted octanol–water partition coefficient (Wildman–Crippen LogP) is 5.17. The molecule has 1 N–H and O–H groups in total. The Bertz CT molecular complexity index is 877. The molecule has 0 saturated heterocycles. The van der Waals surface area contributed by atoms with Crippen LogP contribution in [0, 0.1) is 18.7 Å². The molecule has 2 aromatic rings. The summed E-state index contributed by atoms with van der Waals surface area (Å²) in [6.07, 6.45) is 5.93. The first kappa shape index (κ1) is 21.5. The second-order valence-corrected chi connectivity index (χ2v) is 8.38. The lowest BCUT2D eigenvalue weighted by Gasteiger charge is -2.39. The lowest BCUT2D eigenvalue weighted by Crippen LogP contribution is -2.41. The maximum absolute atomic E-state index is 14.0. The zero-order chi connectivity index (χ0) is 21.0. The number of rotatable bonds is 5. The van der Waals surface area contributed by atoms with Gasteiger partial charge in [-0.05, 0) is 86.8 Å². The highest BCUT2D eigenvalue weighted by Gasteiger charge is 2.43. The van der Waals surface area contributed by atoms with Crippen molar-refractivity contribution in [2.24, 2.45) is 5.92 Å². The lowest BCUT2D eigenvalue weighted by atomic mass is 9.73. The van der Waals surface area contributed by atoms with Crippen molar-refractivity contribution in [1.82, 2.24) is 4.90 Å². The number of benzene rings is 2. The number of hydrogen-bond acceptors (Lipinski definition) is 3. The summed E-state index contributed by atoms with van der Waals surface area (Å²) in [5.74, 6) is 0.578. The Morgan fingerprint density at radius 3 is 2.69 bits per heavy atom. The van der Waals surface area contributed by atoms with Gasteiger partial charge in [-0.2, -0.15) is 0 Å². The molecule has 0 spiro atoms. The Labute approximate surface area is 173 Å². The monoisotopic (exact) mass is 397 g/mol. The second-order valence-electron chi connectivity index (χ2n) is 8.38. The van der Waals surface area contributed by atoms with Crippen LogP contribution in [0.3, 0.4) is 0 Å². The van der Waals surface area contributed by atoms with E-state index in [2.05, 4.69) is 11.0 Å². The van der Waals surface area contributed by atoms with Crippen LogP contribution in [0.2, 0.25) is 0 Å². The van der Waals surface area contributed by atoms with E-state index in [1.165, 1.54) is 6.07 Å². The van der Waals surface area contributed by atoms with Crippen LogP contribution >= 0.6 is 0 Å². The Morgan fingerprint density at radius 2 is 2.00 bits per heavy atom. The topological polar surface area (TPSA) is 32.7 Å². The third kappa shape index (κ3) is 4.71. The highest BCUT2D eigenvalue weighted by atomic mass is 19.1. The number of nitrogens with zero attached hydrogens (tertiary/aromatic N) is 1. The molecule has 1 aliphatic carbocycles. The summed E-state index contributed by atoms with van der Waals surface area (Å²) in [7, 11) is 5.72. The molecule has 0 aromatic heterocycles. The van der Waals surface area contributed by atoms with Gasteiger partial charge in [-0.3, -0.25) is 0 Å². The van der Waals surface area contributed by atoms with Crippen LogP contribution in [0.1, 0.15) is 42.4 Å². The maximum Gasteiger partial charge on any atom is 0.126 e. The highest BCUT2D eigenvalue weighted by molar-refractivity contribution is 5.58. The fraction of sp³-hybridized carbons (Fsp3) is 0.440. The van der Waals surface area contributed by atoms with Gasteiger partial charge in [-0.1, -0.05) is 30.7 Å². The number of halogens is 1. The molecule has 3 nitrogen and oxygen atoms in total. The standard InChI is InChI=1S/C25H32FNO2/c1-18-14-21(12-13-24(18)26)25(28)20(9-5-6-10-22(25)17-27(2)3)15-19-8-7-11-23(16-19)29-4/h7-8,11-16,22,28H,5-6,9-10,17H2,1-4H3. The van der Waals surface area contributed by atoms with Gasteiger partial charge in [0.15, 0.2) is 0 Å². The van der Waals surface area contributed by atoms with Gasteiger partial charge in [-0.15, -0.1) is 0 Å². The molecular formula is C25H32FNO2. The summed E-state index contributed by atoms with van der Waals surface area (Å²) < 4.78 is 19.4. The first-order chi connectivity index (χ1) is 13.8. The highest BCUT2D eigenvalue weighted by Crippen LogP contribution is 2.45. The zero-order valence-electron chi connectivity index (χ0n) is 17.9. The molecule has 0 heterocycles. The minimum Gasteiger partial charge on any atom is -0.497 e. The third-order valence-electron chi connectivity index (χ3n) is 5.95. The maximum atomic E-state index is 14.0. The summed E-state index contributed by atoms with van der Waals surface area (Å²) >= 11 is 0. The van der Waals surface area contributed by atoms with Crippen LogP contribution < -0.4 is 4.74 Å². The van der Waals surface area contributed by atoms with Crippen LogP contribution in [-0.4, -0.2) is 37.8 Å². The van der Waals surface area contributed by atoms with Crippen LogP contribution in [0.5, 0.6) is 5.75 Å². The molecule has 0 aliphatic heterocycles. The summed E-state index contributed by atoms with van der Waals surface area (Å²) in [5.41, 5.74) is 2.19. The molecule has 2 unspecified atom stereocenters. The number of hydrogen-bond donors (Lipinski definition) is 1. The van der Waals surface area contributed by atoms with Gasteiger partial charge in [0.05, 0.1) is 7.11 Å². The fourth-order valence-electron chi connectivity index (χ4n) is 4.45. The summed E-state index contributed by atoms with van der Waals surface area (Å²) in [6.45, 7) is 2.52. The molecule has 0 bridgehead atoms. The van der Waals surface area contributed by atoms with Gasteiger partial charge in [-0.25, -0.2) is 4.39 Å². The van der Waals surface area contributed by atoms with E-state index in [4.69, 9.17) is 4.74 Å². The molecule has 2 aromatic carbocycles. The van der Waals surface area contributed by atoms with E-state index in [0.29, 0.717) is 5.56 Å². The van der Waals surface area contributed by atoms with Crippen molar-refractivity contribution >= 4 is 6.08 Å². The molecule has 156 valence electrons. The van der Waals surface area contributed by atoms with Crippen molar-refractivity contribution in [2.75, 3.05) is 27.7 Å². The molecule has 3 rings (SSSR count). The van der Waals surface area contributed by atoms with E-state index in [-0.39, 0.29) is 11.7 Å². The van der Waals surface area contributed by atoms with Crippen molar-refractivity contribution in [1.29, 1.82) is 0 Å². The number of ether oxygens (including phenoxy) is 1. The summed E-state index contributed by atoms with van der Waals surface area (Å²) in [5, 5.41) is 12.2. The first-order valence-electron chi connectivity index (χ1n) is 10.3. The molecule has 29 heavy (non-hydrogen) atoms. The third-order valence-corrected chi connectivity index (χ3v) is 5.95. The van der Waals surface area contributed by atoms with E-state index in [0.717, 1.165) is 54.7 Å². The average molecular weight is 398 g/mol. The molecule has 2 atom stereocenters. The van der Waals surface area contributed by atoms with Gasteiger partial charge < -0.3 is 14.7 Å². The molecule has 1 saturated carbocycles. The van der Waals surface area contributed by atoms with Crippen molar-refractivity contribution < 1.29 is 14.2 Å². The Kier molecular flexibility index (Phi) is 6.76. The normalized spacial score (nSPS) is 24.0. The molecule has 0 amide bonds. The molecule has 4 heteroatoms. The zero-order valence-corrected chi connectivity index (χ0v) is 17.9. The van der Waals surface area contributed by atoms with Gasteiger partial charge in [0.1, 0.15) is 17.2 Å².